The molecule has 3 nitrogen and oxygen atoms in total. The molecule has 4 heteroatoms. The van der Waals surface area contributed by atoms with Crippen LogP contribution in [0.5, 0.6) is 0 Å². The number of aromatic nitrogens is 2. The van der Waals surface area contributed by atoms with Gasteiger partial charge in [-0.05, 0) is 28.8 Å². The molecule has 19 heavy (non-hydrogen) atoms. The summed E-state index contributed by atoms with van der Waals surface area (Å²) in [4.78, 5) is 12.2. The number of carbonyl (C=O) groups is 1. The number of hydrogen-bond acceptors (Lipinski definition) is 2. The summed E-state index contributed by atoms with van der Waals surface area (Å²) in [5.41, 5.74) is 0.746. The number of nitrogens with zero attached hydrogens (tertiary/aromatic N) is 2. The van der Waals surface area contributed by atoms with E-state index in [1.54, 1.807) is 6.20 Å². The summed E-state index contributed by atoms with van der Waals surface area (Å²) in [7, 11) is 0. The smallest absolute Gasteiger partial charge is 0.182 e. The molecule has 1 aromatic rings. The molecule has 0 saturated carbocycles. The van der Waals surface area contributed by atoms with Crippen molar-refractivity contribution in [2.24, 2.45) is 0 Å². The molecule has 1 aromatic heterocycles. The van der Waals surface area contributed by atoms with Crippen LogP contribution in [-0.2, 0) is 6.54 Å². The van der Waals surface area contributed by atoms with Gasteiger partial charge in [0.05, 0.1) is 10.7 Å². The van der Waals surface area contributed by atoms with Crippen LogP contribution in [-0.4, -0.2) is 15.6 Å². The average Bonchev–Trinajstić information content (AvgIpc) is 2.75. The van der Waals surface area contributed by atoms with E-state index in [9.17, 15) is 4.79 Å². The van der Waals surface area contributed by atoms with Gasteiger partial charge >= 0.3 is 0 Å². The van der Waals surface area contributed by atoms with Crippen LogP contribution in [0.3, 0.4) is 0 Å². The molecule has 0 unspecified atom stereocenters. The average molecular weight is 329 g/mol. The normalized spacial score (nSPS) is 10.9. The monoisotopic (exact) mass is 328 g/mol. The van der Waals surface area contributed by atoms with Crippen molar-refractivity contribution < 1.29 is 4.79 Å². The minimum Gasteiger partial charge on any atom is -0.292 e. The van der Waals surface area contributed by atoms with Gasteiger partial charge in [0.1, 0.15) is 5.69 Å². The van der Waals surface area contributed by atoms with E-state index >= 15 is 0 Å². The number of hydrogen-bond donors (Lipinski definition) is 0. The Morgan fingerprint density at radius 1 is 1.16 bits per heavy atom. The summed E-state index contributed by atoms with van der Waals surface area (Å²) >= 11 is 3.43. The summed E-state index contributed by atoms with van der Waals surface area (Å²) in [5, 5.41) is 4.24. The molecule has 108 valence electrons. The largest absolute Gasteiger partial charge is 0.292 e. The molecule has 0 aliphatic carbocycles. The number of ketones is 1. The fraction of sp³-hybridized carbons (Fsp3) is 0.733. The Hall–Kier alpha value is -0.640. The van der Waals surface area contributed by atoms with Crippen LogP contribution in [0.2, 0.25) is 0 Å². The Bertz CT molecular complexity index is 387. The summed E-state index contributed by atoms with van der Waals surface area (Å²) in [5.74, 6) is 0.216. The molecule has 0 amide bonds. The minimum atomic E-state index is 0.216. The molecule has 1 heterocycles. The van der Waals surface area contributed by atoms with Gasteiger partial charge in [-0.3, -0.25) is 9.48 Å². The Morgan fingerprint density at radius 2 is 1.84 bits per heavy atom. The number of unbranched alkanes of at least 4 members (excludes halogenated alkanes) is 5. The first-order chi connectivity index (χ1) is 9.20. The van der Waals surface area contributed by atoms with E-state index in [4.69, 9.17) is 0 Å². The number of halogens is 1. The molecule has 0 aromatic carbocycles. The minimum absolute atomic E-state index is 0.216. The van der Waals surface area contributed by atoms with Crippen molar-refractivity contribution in [3.63, 3.8) is 0 Å². The third-order valence-corrected chi connectivity index (χ3v) is 3.83. The van der Waals surface area contributed by atoms with Crippen molar-refractivity contribution in [1.29, 1.82) is 0 Å². The van der Waals surface area contributed by atoms with Gasteiger partial charge in [0, 0.05) is 13.0 Å². The van der Waals surface area contributed by atoms with Crippen LogP contribution < -0.4 is 0 Å². The second-order valence-corrected chi connectivity index (χ2v) is 5.86. The lowest BCUT2D eigenvalue weighted by Gasteiger charge is -2.06. The van der Waals surface area contributed by atoms with Crippen LogP contribution in [0.25, 0.3) is 0 Å². The molecule has 0 aliphatic heterocycles. The maximum atomic E-state index is 12.2. The van der Waals surface area contributed by atoms with E-state index in [-0.39, 0.29) is 5.78 Å². The number of Topliss-reactive ketones (excluding diaryl/α,β-unsaturated/α-hetero) is 1. The van der Waals surface area contributed by atoms with Gasteiger partial charge in [0.2, 0.25) is 0 Å². The molecular weight excluding hydrogens is 304 g/mol. The standard InChI is InChI=1S/C15H25BrN2O/c1-3-5-6-7-8-9-10-14(19)15-13(16)12-17-18(15)11-4-2/h12H,3-11H2,1-2H3. The molecule has 0 N–H and O–H groups in total. The maximum Gasteiger partial charge on any atom is 0.182 e. The highest BCUT2D eigenvalue weighted by atomic mass is 79.9. The predicted octanol–water partition coefficient (Wildman–Crippen LogP) is 4.99. The predicted molar refractivity (Wildman–Crippen MR) is 82.5 cm³/mol. The first-order valence-corrected chi connectivity index (χ1v) is 8.24. The quantitative estimate of drug-likeness (QED) is 0.448. The summed E-state index contributed by atoms with van der Waals surface area (Å²) in [6.07, 6.45) is 10.6. The zero-order chi connectivity index (χ0) is 14.1. The van der Waals surface area contributed by atoms with Crippen molar-refractivity contribution in [3.05, 3.63) is 16.4 Å². The van der Waals surface area contributed by atoms with E-state index < -0.39 is 0 Å². The van der Waals surface area contributed by atoms with Crippen LogP contribution in [0.15, 0.2) is 10.7 Å². The van der Waals surface area contributed by atoms with E-state index in [2.05, 4.69) is 34.9 Å². The van der Waals surface area contributed by atoms with Gasteiger partial charge in [0.15, 0.2) is 5.78 Å². The lowest BCUT2D eigenvalue weighted by molar-refractivity contribution is 0.0967. The van der Waals surface area contributed by atoms with Crippen LogP contribution in [0, 0.1) is 0 Å². The van der Waals surface area contributed by atoms with E-state index in [1.807, 2.05) is 4.68 Å². The zero-order valence-electron chi connectivity index (χ0n) is 12.1. The highest BCUT2D eigenvalue weighted by molar-refractivity contribution is 9.10. The van der Waals surface area contributed by atoms with Crippen molar-refractivity contribution in [3.8, 4) is 0 Å². The molecular formula is C15H25BrN2O. The third kappa shape index (κ3) is 5.47. The van der Waals surface area contributed by atoms with Gasteiger partial charge in [0.25, 0.3) is 0 Å². The second kappa shape index (κ2) is 9.29. The zero-order valence-corrected chi connectivity index (χ0v) is 13.7. The summed E-state index contributed by atoms with van der Waals surface area (Å²) in [6.45, 7) is 5.12. The Balaban J connectivity index is 2.38. The molecule has 0 saturated heterocycles. The highest BCUT2D eigenvalue weighted by Gasteiger charge is 2.16. The summed E-state index contributed by atoms with van der Waals surface area (Å²) < 4.78 is 2.65. The fourth-order valence-electron chi connectivity index (χ4n) is 2.21. The maximum absolute atomic E-state index is 12.2. The molecule has 0 bridgehead atoms. The first kappa shape index (κ1) is 16.4. The molecule has 0 spiro atoms. The van der Waals surface area contributed by atoms with Crippen LogP contribution in [0.4, 0.5) is 0 Å². The molecule has 0 fully saturated rings. The lowest BCUT2D eigenvalue weighted by Crippen LogP contribution is -2.11. The Morgan fingerprint density at radius 3 is 2.53 bits per heavy atom. The van der Waals surface area contributed by atoms with Crippen molar-refractivity contribution in [2.75, 3.05) is 0 Å². The van der Waals surface area contributed by atoms with Gasteiger partial charge < -0.3 is 0 Å². The van der Waals surface area contributed by atoms with Crippen molar-refractivity contribution >= 4 is 21.7 Å². The van der Waals surface area contributed by atoms with Gasteiger partial charge in [-0.1, -0.05) is 46.0 Å². The Kier molecular flexibility index (Phi) is 8.03. The van der Waals surface area contributed by atoms with E-state index in [1.165, 1.54) is 25.7 Å². The van der Waals surface area contributed by atoms with E-state index in [0.29, 0.717) is 6.42 Å². The van der Waals surface area contributed by atoms with Crippen molar-refractivity contribution in [1.82, 2.24) is 9.78 Å². The SMILES string of the molecule is CCCCCCCCC(=O)c1c(Br)cnn1CCC. The number of carbonyl (C=O) groups excluding carboxylic acids is 1. The lowest BCUT2D eigenvalue weighted by atomic mass is 10.1. The molecule has 1 rings (SSSR count). The van der Waals surface area contributed by atoms with Crippen molar-refractivity contribution in [2.45, 2.75) is 71.8 Å². The van der Waals surface area contributed by atoms with Gasteiger partial charge in [-0.15, -0.1) is 0 Å². The molecule has 0 radical (unpaired) electrons. The van der Waals surface area contributed by atoms with Gasteiger partial charge in [-0.2, -0.15) is 5.10 Å². The topological polar surface area (TPSA) is 34.9 Å². The highest BCUT2D eigenvalue weighted by Crippen LogP contribution is 2.19. The summed E-state index contributed by atoms with van der Waals surface area (Å²) in [6, 6.07) is 0. The van der Waals surface area contributed by atoms with Crippen LogP contribution in [0.1, 0.15) is 75.7 Å². The first-order valence-electron chi connectivity index (χ1n) is 7.45. The van der Waals surface area contributed by atoms with E-state index in [0.717, 1.165) is 36.0 Å². The second-order valence-electron chi connectivity index (χ2n) is 5.01. The molecule has 0 aliphatic rings. The van der Waals surface area contributed by atoms with Gasteiger partial charge in [-0.25, -0.2) is 0 Å². The third-order valence-electron chi connectivity index (χ3n) is 3.25. The van der Waals surface area contributed by atoms with Crippen LogP contribution >= 0.6 is 15.9 Å². The molecule has 0 atom stereocenters. The number of aryl methyl sites for hydroxylation is 1. The Labute approximate surface area is 124 Å². The fourth-order valence-corrected chi connectivity index (χ4v) is 2.72. The number of rotatable bonds is 10.